The van der Waals surface area contributed by atoms with Gasteiger partial charge in [-0.1, -0.05) is 62.2 Å². The average Bonchev–Trinajstić information content (AvgIpc) is 3.41. The predicted molar refractivity (Wildman–Crippen MR) is 174 cm³/mol. The van der Waals surface area contributed by atoms with Crippen molar-refractivity contribution in [2.24, 2.45) is 5.92 Å². The molecule has 1 fully saturated rings. The number of amides is 3. The highest BCUT2D eigenvalue weighted by Gasteiger charge is 2.25. The van der Waals surface area contributed by atoms with Crippen LogP contribution in [0.4, 0.5) is 16.3 Å². The van der Waals surface area contributed by atoms with Crippen LogP contribution in [0, 0.1) is 12.8 Å². The monoisotopic (exact) mass is 614 g/mol. The Morgan fingerprint density at radius 2 is 1.73 bits per heavy atom. The van der Waals surface area contributed by atoms with E-state index < -0.39 is 0 Å². The van der Waals surface area contributed by atoms with E-state index in [0.717, 1.165) is 41.8 Å². The molecular weight excluding hydrogens is 576 g/mol. The van der Waals surface area contributed by atoms with Crippen molar-refractivity contribution in [2.75, 3.05) is 30.8 Å². The molecule has 0 atom stereocenters. The summed E-state index contributed by atoms with van der Waals surface area (Å²) >= 11 is 6.07. The molecule has 44 heavy (non-hydrogen) atoms. The number of halogens is 1. The van der Waals surface area contributed by atoms with Crippen LogP contribution >= 0.6 is 11.6 Å². The van der Waals surface area contributed by atoms with Crippen molar-refractivity contribution in [3.8, 4) is 11.6 Å². The number of anilines is 2. The molecule has 1 saturated heterocycles. The minimum atomic E-state index is -0.337. The number of ether oxygens (including phenoxy) is 1. The first-order valence-corrected chi connectivity index (χ1v) is 15.2. The van der Waals surface area contributed by atoms with Gasteiger partial charge in [-0.25, -0.2) is 14.5 Å². The van der Waals surface area contributed by atoms with Crippen molar-refractivity contribution in [1.82, 2.24) is 19.7 Å². The lowest BCUT2D eigenvalue weighted by Gasteiger charge is -2.32. The maximum atomic E-state index is 13.1. The summed E-state index contributed by atoms with van der Waals surface area (Å²) in [5.74, 6) is 1.28. The van der Waals surface area contributed by atoms with Gasteiger partial charge >= 0.3 is 6.03 Å². The molecule has 9 nitrogen and oxygen atoms in total. The molecule has 2 aromatic heterocycles. The first-order valence-electron chi connectivity index (χ1n) is 14.8. The maximum absolute atomic E-state index is 13.1. The van der Waals surface area contributed by atoms with Crippen LogP contribution in [-0.2, 0) is 11.8 Å². The number of pyridine rings is 1. The molecule has 0 saturated carbocycles. The van der Waals surface area contributed by atoms with Gasteiger partial charge in [-0.05, 0) is 68.0 Å². The number of aromatic nitrogens is 3. The molecule has 0 unspecified atom stereocenters. The third-order valence-electron chi connectivity index (χ3n) is 7.84. The zero-order valence-corrected chi connectivity index (χ0v) is 26.6. The molecule has 3 amide bonds. The van der Waals surface area contributed by atoms with Crippen LogP contribution in [0.15, 0.2) is 66.7 Å². The van der Waals surface area contributed by atoms with Gasteiger partial charge in [0.25, 0.3) is 5.91 Å². The van der Waals surface area contributed by atoms with E-state index in [1.54, 1.807) is 16.8 Å². The molecule has 230 valence electrons. The van der Waals surface area contributed by atoms with Crippen LogP contribution in [0.2, 0.25) is 5.15 Å². The van der Waals surface area contributed by atoms with E-state index in [0.29, 0.717) is 42.0 Å². The summed E-state index contributed by atoms with van der Waals surface area (Å²) in [5.41, 5.74) is 5.06. The fourth-order valence-electron chi connectivity index (χ4n) is 5.33. The molecule has 0 bridgehead atoms. The van der Waals surface area contributed by atoms with Crippen LogP contribution in [0.3, 0.4) is 0 Å². The molecule has 4 aromatic rings. The molecule has 0 radical (unpaired) electrons. The van der Waals surface area contributed by atoms with Gasteiger partial charge in [-0.2, -0.15) is 5.10 Å². The summed E-state index contributed by atoms with van der Waals surface area (Å²) in [7, 11) is 1.50. The topological polar surface area (TPSA) is 101 Å². The number of nitrogens with one attached hydrogen (secondary N) is 2. The van der Waals surface area contributed by atoms with Gasteiger partial charge in [0.15, 0.2) is 0 Å². The number of benzene rings is 2. The van der Waals surface area contributed by atoms with Gasteiger partial charge in [0.2, 0.25) is 5.88 Å². The third kappa shape index (κ3) is 7.58. The fourth-order valence-corrected chi connectivity index (χ4v) is 5.53. The zero-order chi connectivity index (χ0) is 31.4. The Labute approximate surface area is 263 Å². The van der Waals surface area contributed by atoms with E-state index in [9.17, 15) is 9.59 Å². The lowest BCUT2D eigenvalue weighted by atomic mass is 9.90. The molecule has 2 aromatic carbocycles. The van der Waals surface area contributed by atoms with Gasteiger partial charge in [-0.3, -0.25) is 10.1 Å². The highest BCUT2D eigenvalue weighted by atomic mass is 35.5. The Morgan fingerprint density at radius 3 is 2.41 bits per heavy atom. The van der Waals surface area contributed by atoms with E-state index in [1.165, 1.54) is 7.11 Å². The van der Waals surface area contributed by atoms with Crippen molar-refractivity contribution < 1.29 is 14.3 Å². The summed E-state index contributed by atoms with van der Waals surface area (Å²) < 4.78 is 6.93. The Balaban J connectivity index is 1.20. The second-order valence-corrected chi connectivity index (χ2v) is 12.7. The van der Waals surface area contributed by atoms with Crippen molar-refractivity contribution in [3.63, 3.8) is 0 Å². The highest BCUT2D eigenvalue weighted by molar-refractivity contribution is 6.29. The average molecular weight is 615 g/mol. The Bertz CT molecular complexity index is 1640. The smallest absolute Gasteiger partial charge is 0.324 e. The number of hydrogen-bond acceptors (Lipinski definition) is 5. The maximum Gasteiger partial charge on any atom is 0.324 e. The van der Waals surface area contributed by atoms with E-state index in [1.807, 2.05) is 60.4 Å². The quantitative estimate of drug-likeness (QED) is 0.213. The van der Waals surface area contributed by atoms with Gasteiger partial charge < -0.3 is 15.0 Å². The molecule has 1 aliphatic rings. The molecule has 0 aliphatic carbocycles. The molecule has 2 N–H and O–H groups in total. The zero-order valence-electron chi connectivity index (χ0n) is 25.9. The SMILES string of the molecule is COc1cc(C(=O)N2CCC(Cc3cccc(NC(=O)Nc4cc(C(C)(C)C)nn4-c4ccc(C)cc4)c3)CC2)cc(Cl)n1. The molecule has 3 heterocycles. The first-order chi connectivity index (χ1) is 21.0. The van der Waals surface area contributed by atoms with Gasteiger partial charge in [0.1, 0.15) is 11.0 Å². The minimum absolute atomic E-state index is 0.0680. The first kappa shape index (κ1) is 31.1. The van der Waals surface area contributed by atoms with Crippen molar-refractivity contribution in [2.45, 2.75) is 52.4 Å². The largest absolute Gasteiger partial charge is 0.481 e. The normalized spacial score (nSPS) is 13.9. The van der Waals surface area contributed by atoms with Crippen molar-refractivity contribution in [3.05, 3.63) is 94.3 Å². The number of hydrogen-bond donors (Lipinski definition) is 2. The van der Waals surface area contributed by atoms with E-state index >= 15 is 0 Å². The standard InChI is InChI=1S/C34H39ClN6O3/c1-22-9-11-27(12-10-22)41-30(21-28(39-41)34(2,3)4)38-33(43)36-26-8-6-7-24(18-26)17-23-13-15-40(16-14-23)32(42)25-19-29(35)37-31(20-25)44-5/h6-12,18-21,23H,13-17H2,1-5H3,(H2,36,38,43). The Hall–Kier alpha value is -4.37. The van der Waals surface area contributed by atoms with Gasteiger partial charge in [0, 0.05) is 41.9 Å². The van der Waals surface area contributed by atoms with Crippen LogP contribution in [0.5, 0.6) is 5.88 Å². The minimum Gasteiger partial charge on any atom is -0.481 e. The van der Waals surface area contributed by atoms with Gasteiger partial charge in [-0.15, -0.1) is 0 Å². The lowest BCUT2D eigenvalue weighted by Crippen LogP contribution is -2.39. The summed E-state index contributed by atoms with van der Waals surface area (Å²) in [5, 5.41) is 11.0. The summed E-state index contributed by atoms with van der Waals surface area (Å²) in [6.45, 7) is 9.66. The number of aryl methyl sites for hydroxylation is 1. The summed E-state index contributed by atoms with van der Waals surface area (Å²) in [4.78, 5) is 32.1. The highest BCUT2D eigenvalue weighted by Crippen LogP contribution is 2.28. The molecule has 10 heteroatoms. The Kier molecular flexibility index (Phi) is 9.25. The van der Waals surface area contributed by atoms with Crippen molar-refractivity contribution in [1.29, 1.82) is 0 Å². The lowest BCUT2D eigenvalue weighted by molar-refractivity contribution is 0.0690. The number of piperidine rings is 1. The van der Waals surface area contributed by atoms with E-state index in [4.69, 9.17) is 21.4 Å². The third-order valence-corrected chi connectivity index (χ3v) is 8.03. The fraction of sp³-hybridized carbons (Fsp3) is 0.353. The second-order valence-electron chi connectivity index (χ2n) is 12.4. The Morgan fingerprint density at radius 1 is 1.00 bits per heavy atom. The number of carbonyl (C=O) groups excluding carboxylic acids is 2. The van der Waals surface area contributed by atoms with Crippen LogP contribution < -0.4 is 15.4 Å². The number of urea groups is 1. The molecule has 0 spiro atoms. The second kappa shape index (κ2) is 13.1. The van der Waals surface area contributed by atoms with Crippen LogP contribution in [0.1, 0.15) is 60.8 Å². The number of likely N-dealkylation sites (tertiary alicyclic amines) is 1. The number of carbonyl (C=O) groups is 2. The van der Waals surface area contributed by atoms with Crippen molar-refractivity contribution >= 4 is 35.0 Å². The number of nitrogens with zero attached hydrogens (tertiary/aromatic N) is 4. The van der Waals surface area contributed by atoms with Crippen LogP contribution in [0.25, 0.3) is 5.69 Å². The number of rotatable bonds is 7. The summed E-state index contributed by atoms with van der Waals surface area (Å²) in [6, 6.07) is 20.8. The molecule has 1 aliphatic heterocycles. The molecule has 5 rings (SSSR count). The predicted octanol–water partition coefficient (Wildman–Crippen LogP) is 7.27. The van der Waals surface area contributed by atoms with E-state index in [2.05, 4.69) is 42.5 Å². The van der Waals surface area contributed by atoms with Gasteiger partial charge in [0.05, 0.1) is 18.5 Å². The summed E-state index contributed by atoms with van der Waals surface area (Å²) in [6.07, 6.45) is 2.64. The molecular formula is C34H39ClN6O3. The van der Waals surface area contributed by atoms with E-state index in [-0.39, 0.29) is 22.5 Å². The van der Waals surface area contributed by atoms with Crippen LogP contribution in [-0.4, -0.2) is 51.8 Å². The number of methoxy groups -OCH3 is 1.